The highest BCUT2D eigenvalue weighted by atomic mass is 32.2. The van der Waals surface area contributed by atoms with E-state index in [4.69, 9.17) is 0 Å². The minimum absolute atomic E-state index is 0.0561. The van der Waals surface area contributed by atoms with E-state index in [1.165, 1.54) is 0 Å². The van der Waals surface area contributed by atoms with Gasteiger partial charge in [0.15, 0.2) is 9.84 Å². The third kappa shape index (κ3) is 4.27. The Labute approximate surface area is 195 Å². The third-order valence-corrected chi connectivity index (χ3v) is 9.16. The van der Waals surface area contributed by atoms with E-state index in [1.807, 2.05) is 71.6 Å². The summed E-state index contributed by atoms with van der Waals surface area (Å²) in [5.41, 5.74) is 2.04. The lowest BCUT2D eigenvalue weighted by atomic mass is 9.98. The molecular weight excluding hydrogens is 432 g/mol. The standard InChI is InChI=1S/C27H28N2O3S/c30-27(28-26(20-10-4-1-5-11-20)21-12-6-2-7-13-21)29-22-16-17-23(29)19-25(18-22)33(31,32)24-14-8-3-9-15-24/h1-15,22-23,25-26H,16-19H2,(H,28,30). The van der Waals surface area contributed by atoms with Crippen molar-refractivity contribution in [1.29, 1.82) is 0 Å². The van der Waals surface area contributed by atoms with Crippen molar-refractivity contribution in [3.8, 4) is 0 Å². The molecule has 2 amide bonds. The molecule has 2 bridgehead atoms. The summed E-state index contributed by atoms with van der Waals surface area (Å²) in [7, 11) is -3.40. The zero-order valence-electron chi connectivity index (χ0n) is 18.4. The summed E-state index contributed by atoms with van der Waals surface area (Å²) in [6, 6.07) is 28.1. The molecule has 1 N–H and O–H groups in total. The van der Waals surface area contributed by atoms with Crippen molar-refractivity contribution in [1.82, 2.24) is 10.2 Å². The van der Waals surface area contributed by atoms with Gasteiger partial charge in [-0.05, 0) is 48.9 Å². The molecule has 3 aromatic rings. The molecule has 2 fully saturated rings. The van der Waals surface area contributed by atoms with E-state index >= 15 is 0 Å². The van der Waals surface area contributed by atoms with Crippen LogP contribution in [0.2, 0.25) is 0 Å². The third-order valence-electron chi connectivity index (χ3n) is 6.97. The van der Waals surface area contributed by atoms with Gasteiger partial charge in [0.1, 0.15) is 0 Å². The second-order valence-corrected chi connectivity index (χ2v) is 11.2. The highest BCUT2D eigenvalue weighted by Gasteiger charge is 2.47. The van der Waals surface area contributed by atoms with Crippen LogP contribution in [0.3, 0.4) is 0 Å². The molecule has 6 heteroatoms. The molecule has 5 nitrogen and oxygen atoms in total. The van der Waals surface area contributed by atoms with Gasteiger partial charge >= 0.3 is 6.03 Å². The molecule has 2 aliphatic rings. The molecule has 2 atom stereocenters. The van der Waals surface area contributed by atoms with Crippen molar-refractivity contribution in [3.63, 3.8) is 0 Å². The Kier molecular flexibility index (Phi) is 5.94. The quantitative estimate of drug-likeness (QED) is 0.586. The maximum absolute atomic E-state index is 13.5. The number of sulfone groups is 1. The zero-order valence-corrected chi connectivity index (χ0v) is 19.2. The van der Waals surface area contributed by atoms with E-state index < -0.39 is 15.1 Å². The minimum atomic E-state index is -3.40. The molecule has 0 aliphatic carbocycles. The van der Waals surface area contributed by atoms with Crippen LogP contribution in [0.1, 0.15) is 42.9 Å². The van der Waals surface area contributed by atoms with Gasteiger partial charge < -0.3 is 10.2 Å². The first-order valence-corrected chi connectivity index (χ1v) is 13.1. The lowest BCUT2D eigenvalue weighted by Gasteiger charge is -2.39. The van der Waals surface area contributed by atoms with E-state index in [0.29, 0.717) is 17.7 Å². The van der Waals surface area contributed by atoms with Crippen LogP contribution in [0.15, 0.2) is 95.9 Å². The number of fused-ring (bicyclic) bond motifs is 2. The topological polar surface area (TPSA) is 66.5 Å². The largest absolute Gasteiger partial charge is 0.327 e. The molecule has 3 aromatic carbocycles. The first-order chi connectivity index (χ1) is 16.0. The summed E-state index contributed by atoms with van der Waals surface area (Å²) < 4.78 is 26.4. The van der Waals surface area contributed by atoms with Gasteiger partial charge in [-0.3, -0.25) is 0 Å². The summed E-state index contributed by atoms with van der Waals surface area (Å²) in [6.45, 7) is 0. The summed E-state index contributed by atoms with van der Waals surface area (Å²) in [5.74, 6) is 0. The van der Waals surface area contributed by atoms with Gasteiger partial charge in [-0.25, -0.2) is 13.2 Å². The number of nitrogens with one attached hydrogen (secondary N) is 1. The van der Waals surface area contributed by atoms with Crippen LogP contribution in [0.5, 0.6) is 0 Å². The predicted molar refractivity (Wildman–Crippen MR) is 129 cm³/mol. The fourth-order valence-corrected chi connectivity index (χ4v) is 7.24. The Hall–Kier alpha value is -3.12. The molecule has 2 saturated heterocycles. The first-order valence-electron chi connectivity index (χ1n) is 11.5. The predicted octanol–water partition coefficient (Wildman–Crippen LogP) is 4.95. The molecular formula is C27H28N2O3S. The molecule has 33 heavy (non-hydrogen) atoms. The van der Waals surface area contributed by atoms with Gasteiger partial charge in [0.05, 0.1) is 16.2 Å². The highest BCUT2D eigenvalue weighted by Crippen LogP contribution is 2.40. The Balaban J connectivity index is 1.36. The summed E-state index contributed by atoms with van der Waals surface area (Å²) in [5, 5.41) is 2.80. The van der Waals surface area contributed by atoms with Gasteiger partial charge in [-0.1, -0.05) is 78.9 Å². The second kappa shape index (κ2) is 9.02. The number of hydrogen-bond acceptors (Lipinski definition) is 3. The molecule has 2 aliphatic heterocycles. The van der Waals surface area contributed by atoms with Crippen molar-refractivity contribution < 1.29 is 13.2 Å². The Morgan fingerprint density at radius 1 is 0.758 bits per heavy atom. The molecule has 0 spiro atoms. The van der Waals surface area contributed by atoms with Gasteiger partial charge in [-0.2, -0.15) is 0 Å². The van der Waals surface area contributed by atoms with E-state index in [-0.39, 0.29) is 24.2 Å². The van der Waals surface area contributed by atoms with Gasteiger partial charge in [-0.15, -0.1) is 0 Å². The maximum Gasteiger partial charge on any atom is 0.318 e. The Morgan fingerprint density at radius 2 is 1.21 bits per heavy atom. The van der Waals surface area contributed by atoms with Crippen molar-refractivity contribution in [2.45, 2.75) is 54.0 Å². The normalized spacial score (nSPS) is 22.3. The number of carbonyl (C=O) groups is 1. The molecule has 2 heterocycles. The van der Waals surface area contributed by atoms with E-state index in [0.717, 1.165) is 24.0 Å². The Morgan fingerprint density at radius 3 is 1.70 bits per heavy atom. The highest BCUT2D eigenvalue weighted by molar-refractivity contribution is 7.92. The van der Waals surface area contributed by atoms with Crippen LogP contribution >= 0.6 is 0 Å². The summed E-state index contributed by atoms with van der Waals surface area (Å²) >= 11 is 0. The summed E-state index contributed by atoms with van der Waals surface area (Å²) in [6.07, 6.45) is 2.67. The van der Waals surface area contributed by atoms with Crippen LogP contribution in [-0.4, -0.2) is 36.7 Å². The fourth-order valence-electron chi connectivity index (χ4n) is 5.36. The lowest BCUT2D eigenvalue weighted by molar-refractivity contribution is 0.146. The molecule has 0 radical (unpaired) electrons. The first kappa shape index (κ1) is 21.7. The molecule has 2 unspecified atom stereocenters. The van der Waals surface area contributed by atoms with Crippen LogP contribution in [-0.2, 0) is 9.84 Å². The maximum atomic E-state index is 13.5. The number of benzene rings is 3. The van der Waals surface area contributed by atoms with Gasteiger partial charge in [0.25, 0.3) is 0 Å². The molecule has 170 valence electrons. The van der Waals surface area contributed by atoms with Crippen LogP contribution in [0.4, 0.5) is 4.79 Å². The molecule has 0 saturated carbocycles. The Bertz CT molecular complexity index is 1150. The van der Waals surface area contributed by atoms with Crippen LogP contribution in [0, 0.1) is 0 Å². The number of rotatable bonds is 5. The number of urea groups is 1. The van der Waals surface area contributed by atoms with E-state index in [2.05, 4.69) is 5.32 Å². The summed E-state index contributed by atoms with van der Waals surface area (Å²) in [4.78, 5) is 15.8. The fraction of sp³-hybridized carbons (Fsp3) is 0.296. The molecule has 5 rings (SSSR count). The molecule has 0 aromatic heterocycles. The number of nitrogens with zero attached hydrogens (tertiary/aromatic N) is 1. The van der Waals surface area contributed by atoms with Crippen molar-refractivity contribution in [2.75, 3.05) is 0 Å². The van der Waals surface area contributed by atoms with Gasteiger partial charge in [0, 0.05) is 12.1 Å². The average molecular weight is 461 g/mol. The van der Waals surface area contributed by atoms with Crippen molar-refractivity contribution in [3.05, 3.63) is 102 Å². The van der Waals surface area contributed by atoms with E-state index in [1.54, 1.807) is 24.3 Å². The average Bonchev–Trinajstić information content (AvgIpc) is 3.13. The second-order valence-electron chi connectivity index (χ2n) is 8.95. The number of piperidine rings is 1. The monoisotopic (exact) mass is 460 g/mol. The number of hydrogen-bond donors (Lipinski definition) is 1. The van der Waals surface area contributed by atoms with E-state index in [9.17, 15) is 13.2 Å². The number of amides is 2. The lowest BCUT2D eigenvalue weighted by Crippen LogP contribution is -2.53. The smallest absolute Gasteiger partial charge is 0.318 e. The van der Waals surface area contributed by atoms with Crippen molar-refractivity contribution in [2.24, 2.45) is 0 Å². The van der Waals surface area contributed by atoms with Crippen LogP contribution in [0.25, 0.3) is 0 Å². The SMILES string of the molecule is O=C(NC(c1ccccc1)c1ccccc1)N1C2CCC1CC(S(=O)(=O)c1ccccc1)C2. The zero-order chi connectivity index (χ0) is 22.8. The van der Waals surface area contributed by atoms with Gasteiger partial charge in [0.2, 0.25) is 0 Å². The minimum Gasteiger partial charge on any atom is -0.327 e. The van der Waals surface area contributed by atoms with Crippen LogP contribution < -0.4 is 5.32 Å². The number of carbonyl (C=O) groups excluding carboxylic acids is 1. The van der Waals surface area contributed by atoms with Crippen molar-refractivity contribution >= 4 is 15.9 Å².